The minimum absolute atomic E-state index is 0.0226. The number of unbranched alkanes of at least 4 members (excludes halogenated alkanes) is 4. The number of hydrogen-bond donors (Lipinski definition) is 0. The average molecular weight is 446 g/mol. The highest BCUT2D eigenvalue weighted by Crippen LogP contribution is 2.65. The summed E-state index contributed by atoms with van der Waals surface area (Å²) in [5.74, 6) is -0.170. The molecule has 2 aliphatic rings. The highest BCUT2D eigenvalue weighted by atomic mass is 16.5. The van der Waals surface area contributed by atoms with Crippen LogP contribution in [-0.2, 0) is 19.1 Å². The number of allylic oxidation sites excluding steroid dienone is 2. The van der Waals surface area contributed by atoms with Gasteiger partial charge in [0.15, 0.2) is 5.78 Å². The predicted molar refractivity (Wildman–Crippen MR) is 128 cm³/mol. The molecule has 32 heavy (non-hydrogen) atoms. The van der Waals surface area contributed by atoms with Crippen molar-refractivity contribution in [1.29, 1.82) is 0 Å². The number of ketones is 1. The third kappa shape index (κ3) is 6.11. The van der Waals surface area contributed by atoms with Crippen molar-refractivity contribution in [2.24, 2.45) is 29.1 Å². The molecule has 0 bridgehead atoms. The maximum atomic E-state index is 13.5. The fourth-order valence-electron chi connectivity index (χ4n) is 5.54. The smallest absolute Gasteiger partial charge is 0.309 e. The van der Waals surface area contributed by atoms with E-state index < -0.39 is 12.0 Å². The van der Waals surface area contributed by atoms with Gasteiger partial charge in [0.05, 0.1) is 19.1 Å². The molecular weight excluding hydrogens is 402 g/mol. The van der Waals surface area contributed by atoms with Crippen LogP contribution in [0, 0.1) is 29.1 Å². The fourth-order valence-corrected chi connectivity index (χ4v) is 5.54. The van der Waals surface area contributed by atoms with Crippen LogP contribution in [0.2, 0.25) is 0 Å². The Morgan fingerprint density at radius 2 is 1.66 bits per heavy atom. The van der Waals surface area contributed by atoms with E-state index in [1.807, 2.05) is 24.0 Å². The number of methoxy groups -OCH3 is 1. The quantitative estimate of drug-likeness (QED) is 0.194. The van der Waals surface area contributed by atoms with E-state index in [2.05, 4.69) is 27.0 Å². The van der Waals surface area contributed by atoms with E-state index in [-0.39, 0.29) is 41.3 Å². The van der Waals surface area contributed by atoms with E-state index in [4.69, 9.17) is 4.74 Å². The van der Waals surface area contributed by atoms with Gasteiger partial charge in [-0.25, -0.2) is 0 Å². The molecule has 1 heterocycles. The highest BCUT2D eigenvalue weighted by Gasteiger charge is 2.69. The molecule has 1 saturated heterocycles. The molecule has 5 atom stereocenters. The van der Waals surface area contributed by atoms with Crippen LogP contribution < -0.4 is 0 Å². The van der Waals surface area contributed by atoms with Crippen molar-refractivity contribution >= 4 is 17.7 Å². The molecule has 1 aliphatic carbocycles. The maximum absolute atomic E-state index is 13.5. The Labute approximate surface area is 194 Å². The van der Waals surface area contributed by atoms with E-state index in [0.717, 1.165) is 44.9 Å². The van der Waals surface area contributed by atoms with Crippen LogP contribution in [0.3, 0.4) is 0 Å². The Morgan fingerprint density at radius 1 is 1.06 bits per heavy atom. The van der Waals surface area contributed by atoms with Crippen LogP contribution in [0.4, 0.5) is 0 Å². The topological polar surface area (TPSA) is 63.7 Å². The van der Waals surface area contributed by atoms with Crippen molar-refractivity contribution in [3.05, 3.63) is 25.3 Å². The first-order valence-electron chi connectivity index (χ1n) is 12.3. The van der Waals surface area contributed by atoms with E-state index in [1.165, 1.54) is 7.11 Å². The molecule has 0 aromatic carbocycles. The van der Waals surface area contributed by atoms with Crippen molar-refractivity contribution in [1.82, 2.24) is 4.90 Å². The summed E-state index contributed by atoms with van der Waals surface area (Å²) in [6, 6.07) is -0.404. The third-order valence-electron chi connectivity index (χ3n) is 7.73. The van der Waals surface area contributed by atoms with Crippen LogP contribution >= 0.6 is 0 Å². The van der Waals surface area contributed by atoms with Gasteiger partial charge in [0, 0.05) is 18.9 Å². The van der Waals surface area contributed by atoms with Gasteiger partial charge in [-0.2, -0.15) is 0 Å². The van der Waals surface area contributed by atoms with E-state index in [0.29, 0.717) is 18.9 Å². The Bertz CT molecular complexity index is 698. The summed E-state index contributed by atoms with van der Waals surface area (Å²) in [5, 5.41) is 0. The first kappa shape index (κ1) is 26.3. The van der Waals surface area contributed by atoms with Gasteiger partial charge in [0.2, 0.25) is 5.91 Å². The lowest BCUT2D eigenvalue weighted by atomic mass is 9.89. The molecule has 0 unspecified atom stereocenters. The summed E-state index contributed by atoms with van der Waals surface area (Å²) in [7, 11) is 1.38. The first-order valence-corrected chi connectivity index (χ1v) is 12.3. The Hall–Kier alpha value is -1.91. The lowest BCUT2D eigenvalue weighted by Gasteiger charge is -2.32. The molecular formula is C27H43NO4. The molecule has 5 heteroatoms. The van der Waals surface area contributed by atoms with E-state index >= 15 is 0 Å². The number of esters is 1. The van der Waals surface area contributed by atoms with Crippen LogP contribution in [0.15, 0.2) is 25.3 Å². The first-order chi connectivity index (χ1) is 15.2. The van der Waals surface area contributed by atoms with Gasteiger partial charge in [-0.1, -0.05) is 45.8 Å². The summed E-state index contributed by atoms with van der Waals surface area (Å²) >= 11 is 0. The van der Waals surface area contributed by atoms with E-state index in [1.54, 1.807) is 0 Å². The maximum Gasteiger partial charge on any atom is 0.309 e. The second kappa shape index (κ2) is 11.8. The SMILES string of the molecule is C=CCCCC[C@H](CC(=O)[C@@H]1[C@@H]2[C@H](CN1C(=O)[C@@H](C)CCCCC=C)C2(C)C)C(=O)OC. The van der Waals surface area contributed by atoms with Gasteiger partial charge in [-0.3, -0.25) is 14.4 Å². The van der Waals surface area contributed by atoms with Gasteiger partial charge in [-0.05, 0) is 55.8 Å². The lowest BCUT2D eigenvalue weighted by Crippen LogP contribution is -2.48. The number of amides is 1. The van der Waals surface area contributed by atoms with Gasteiger partial charge < -0.3 is 9.64 Å². The number of carbonyl (C=O) groups is 3. The average Bonchev–Trinajstić information content (AvgIpc) is 3.11. The second-order valence-corrected chi connectivity index (χ2v) is 10.3. The van der Waals surface area contributed by atoms with Gasteiger partial charge in [0.25, 0.3) is 0 Å². The van der Waals surface area contributed by atoms with Crippen LogP contribution in [0.5, 0.6) is 0 Å². The van der Waals surface area contributed by atoms with Gasteiger partial charge >= 0.3 is 5.97 Å². The number of rotatable bonds is 15. The summed E-state index contributed by atoms with van der Waals surface area (Å²) in [5.41, 5.74) is 0.0784. The zero-order valence-electron chi connectivity index (χ0n) is 20.6. The van der Waals surface area contributed by atoms with Crippen molar-refractivity contribution < 1.29 is 19.1 Å². The monoisotopic (exact) mass is 445 g/mol. The minimum Gasteiger partial charge on any atom is -0.469 e. The normalized spacial score (nSPS) is 24.9. The van der Waals surface area contributed by atoms with Crippen molar-refractivity contribution in [2.45, 2.75) is 84.6 Å². The number of carbonyl (C=O) groups excluding carboxylic acids is 3. The number of hydrogen-bond acceptors (Lipinski definition) is 4. The summed E-state index contributed by atoms with van der Waals surface area (Å²) in [6.07, 6.45) is 11.1. The van der Waals surface area contributed by atoms with Crippen molar-refractivity contribution in [2.75, 3.05) is 13.7 Å². The number of ether oxygens (including phenoxy) is 1. The number of piperidine rings is 1. The Morgan fingerprint density at radius 3 is 2.22 bits per heavy atom. The summed E-state index contributed by atoms with van der Waals surface area (Å²) < 4.78 is 4.99. The zero-order valence-corrected chi connectivity index (χ0v) is 20.6. The van der Waals surface area contributed by atoms with Crippen molar-refractivity contribution in [3.8, 4) is 0 Å². The lowest BCUT2D eigenvalue weighted by molar-refractivity contribution is -0.149. The van der Waals surface area contributed by atoms with Gasteiger partial charge in [0.1, 0.15) is 0 Å². The summed E-state index contributed by atoms with van der Waals surface area (Å²) in [4.78, 5) is 41.0. The second-order valence-electron chi connectivity index (χ2n) is 10.3. The van der Waals surface area contributed by atoms with E-state index in [9.17, 15) is 14.4 Å². The zero-order chi connectivity index (χ0) is 23.9. The fraction of sp³-hybridized carbons (Fsp3) is 0.741. The summed E-state index contributed by atoms with van der Waals surface area (Å²) in [6.45, 7) is 14.5. The molecule has 2 fully saturated rings. The predicted octanol–water partition coefficient (Wildman–Crippen LogP) is 5.35. The molecule has 0 aromatic rings. The standard InChI is InChI=1S/C27H43NO4/c1-7-9-11-13-15-19(3)25(30)28-18-21-23(27(21,4)5)24(28)22(29)17-20(26(31)32-6)16-14-12-10-8-2/h7-8,19-21,23-24H,1-2,9-18H2,3-6H3/t19-,20+,21-,23-,24+/m0/s1. The van der Waals surface area contributed by atoms with Crippen LogP contribution in [0.25, 0.3) is 0 Å². The minimum atomic E-state index is -0.438. The molecule has 0 spiro atoms. The molecule has 0 N–H and O–H groups in total. The largest absolute Gasteiger partial charge is 0.469 e. The highest BCUT2D eigenvalue weighted by molar-refractivity contribution is 5.93. The third-order valence-corrected chi connectivity index (χ3v) is 7.73. The van der Waals surface area contributed by atoms with Crippen molar-refractivity contribution in [3.63, 3.8) is 0 Å². The molecule has 1 saturated carbocycles. The molecule has 1 amide bonds. The number of nitrogens with zero attached hydrogens (tertiary/aromatic N) is 1. The molecule has 180 valence electrons. The number of Topliss-reactive ketones (excluding diaryl/α,β-unsaturated/α-hetero) is 1. The van der Waals surface area contributed by atoms with Crippen LogP contribution in [0.1, 0.15) is 78.6 Å². The molecule has 1 aliphatic heterocycles. The molecule has 2 rings (SSSR count). The molecule has 0 aromatic heterocycles. The number of likely N-dealkylation sites (tertiary alicyclic amines) is 1. The Balaban J connectivity index is 2.06. The van der Waals surface area contributed by atoms with Crippen LogP contribution in [-0.4, -0.2) is 42.3 Å². The molecule has 5 nitrogen and oxygen atoms in total. The number of fused-ring (bicyclic) bond motifs is 1. The Kier molecular flexibility index (Phi) is 9.72. The van der Waals surface area contributed by atoms with Gasteiger partial charge in [-0.15, -0.1) is 13.2 Å². The molecule has 0 radical (unpaired) electrons.